The van der Waals surface area contributed by atoms with Crippen LogP contribution in [0.15, 0.2) is 42.6 Å². The fourth-order valence-electron chi connectivity index (χ4n) is 3.15. The molecule has 3 aromatic heterocycles. The summed E-state index contributed by atoms with van der Waals surface area (Å²) in [4.78, 5) is 9.24. The van der Waals surface area contributed by atoms with Crippen LogP contribution < -0.4 is 5.32 Å². The van der Waals surface area contributed by atoms with E-state index in [-0.39, 0.29) is 0 Å². The van der Waals surface area contributed by atoms with E-state index in [2.05, 4.69) is 54.0 Å². The minimum atomic E-state index is 0.550. The lowest BCUT2D eigenvalue weighted by Crippen LogP contribution is -2.07. The van der Waals surface area contributed by atoms with Crippen molar-refractivity contribution in [1.29, 1.82) is 0 Å². The van der Waals surface area contributed by atoms with Crippen LogP contribution in [-0.4, -0.2) is 47.4 Å². The molecule has 4 rings (SSSR count). The van der Waals surface area contributed by atoms with E-state index in [1.165, 1.54) is 0 Å². The summed E-state index contributed by atoms with van der Waals surface area (Å²) in [5.41, 5.74) is 3.77. The number of nitrogens with one attached hydrogen (secondary N) is 2. The topological polar surface area (TPSA) is 110 Å². The minimum absolute atomic E-state index is 0.550. The maximum absolute atomic E-state index is 4.67. The van der Waals surface area contributed by atoms with Crippen molar-refractivity contribution >= 4 is 5.95 Å². The normalized spacial score (nSPS) is 11.0. The van der Waals surface area contributed by atoms with E-state index >= 15 is 0 Å². The summed E-state index contributed by atoms with van der Waals surface area (Å²) in [6.45, 7) is 2.81. The molecule has 0 fully saturated rings. The average molecular weight is 389 g/mol. The van der Waals surface area contributed by atoms with Gasteiger partial charge in [-0.05, 0) is 23.3 Å². The Kier molecular flexibility index (Phi) is 5.55. The van der Waals surface area contributed by atoms with Crippen molar-refractivity contribution in [3.8, 4) is 22.6 Å². The van der Waals surface area contributed by atoms with E-state index < -0.39 is 0 Å². The van der Waals surface area contributed by atoms with Crippen LogP contribution in [-0.2, 0) is 13.0 Å². The number of H-pyrrole nitrogens is 1. The zero-order valence-electron chi connectivity index (χ0n) is 16.5. The van der Waals surface area contributed by atoms with Gasteiger partial charge >= 0.3 is 0 Å². The lowest BCUT2D eigenvalue weighted by molar-refractivity contribution is 0.617. The maximum Gasteiger partial charge on any atom is 0.242 e. The van der Waals surface area contributed by atoms with Gasteiger partial charge in [-0.3, -0.25) is 4.98 Å². The van der Waals surface area contributed by atoms with Crippen molar-refractivity contribution in [2.24, 2.45) is 0 Å². The molecule has 0 bridgehead atoms. The number of aryl methyl sites for hydroxylation is 1. The Bertz CT molecular complexity index is 1050. The molecule has 1 aromatic carbocycles. The lowest BCUT2D eigenvalue weighted by atomic mass is 10.0. The van der Waals surface area contributed by atoms with E-state index in [1.807, 2.05) is 48.3 Å². The highest BCUT2D eigenvalue weighted by molar-refractivity contribution is 5.78. The Hall–Kier alpha value is -3.62. The first-order valence-corrected chi connectivity index (χ1v) is 9.68. The quantitative estimate of drug-likeness (QED) is 0.477. The molecule has 3 heterocycles. The Morgan fingerprint density at radius 2 is 1.97 bits per heavy atom. The Labute approximate surface area is 168 Å². The van der Waals surface area contributed by atoms with Gasteiger partial charge in [-0.15, -0.1) is 15.3 Å². The maximum atomic E-state index is 4.67. The van der Waals surface area contributed by atoms with Gasteiger partial charge < -0.3 is 5.32 Å². The summed E-state index contributed by atoms with van der Waals surface area (Å²) in [5.74, 6) is 2.19. The van der Waals surface area contributed by atoms with Crippen molar-refractivity contribution in [3.05, 3.63) is 54.0 Å². The second-order valence-corrected chi connectivity index (χ2v) is 6.70. The molecule has 0 spiro atoms. The monoisotopic (exact) mass is 389 g/mol. The van der Waals surface area contributed by atoms with Gasteiger partial charge in [0, 0.05) is 30.8 Å². The van der Waals surface area contributed by atoms with Gasteiger partial charge in [0.15, 0.2) is 0 Å². The fourth-order valence-corrected chi connectivity index (χ4v) is 3.15. The van der Waals surface area contributed by atoms with Crippen LogP contribution in [0.3, 0.4) is 0 Å². The number of hydrogen-bond donors (Lipinski definition) is 2. The smallest absolute Gasteiger partial charge is 0.242 e. The molecule has 0 aliphatic rings. The molecule has 0 amide bonds. The van der Waals surface area contributed by atoms with Gasteiger partial charge in [0.1, 0.15) is 5.82 Å². The molecule has 148 valence electrons. The first-order chi connectivity index (χ1) is 14.3. The number of nitrogens with zero attached hydrogens (tertiary/aromatic N) is 7. The second-order valence-electron chi connectivity index (χ2n) is 6.70. The summed E-state index contributed by atoms with van der Waals surface area (Å²) in [7, 11) is 1.83. The van der Waals surface area contributed by atoms with Gasteiger partial charge in [-0.2, -0.15) is 10.2 Å². The van der Waals surface area contributed by atoms with Crippen molar-refractivity contribution in [3.63, 3.8) is 0 Å². The van der Waals surface area contributed by atoms with Gasteiger partial charge in [0.2, 0.25) is 11.8 Å². The van der Waals surface area contributed by atoms with E-state index in [0.717, 1.165) is 47.5 Å². The zero-order valence-corrected chi connectivity index (χ0v) is 16.5. The van der Waals surface area contributed by atoms with Crippen molar-refractivity contribution in [2.45, 2.75) is 32.7 Å². The first kappa shape index (κ1) is 18.7. The molecule has 29 heavy (non-hydrogen) atoms. The number of aromatic nitrogens is 8. The summed E-state index contributed by atoms with van der Waals surface area (Å²) in [6.07, 6.45) is 5.01. The summed E-state index contributed by atoms with van der Waals surface area (Å²) >= 11 is 0. The highest BCUT2D eigenvalue weighted by Crippen LogP contribution is 2.28. The number of anilines is 1. The van der Waals surface area contributed by atoms with Crippen molar-refractivity contribution in [1.82, 2.24) is 40.4 Å². The molecule has 2 N–H and O–H groups in total. The molecular formula is C20H23N9. The van der Waals surface area contributed by atoms with Gasteiger partial charge in [-0.25, -0.2) is 4.68 Å². The Morgan fingerprint density at radius 1 is 1.10 bits per heavy atom. The number of unbranched alkanes of at least 4 members (excludes halogenated alkanes) is 1. The van der Waals surface area contributed by atoms with Crippen LogP contribution in [0.4, 0.5) is 5.95 Å². The molecule has 0 aliphatic heterocycles. The highest BCUT2D eigenvalue weighted by atomic mass is 15.5. The van der Waals surface area contributed by atoms with Crippen LogP contribution >= 0.6 is 0 Å². The molecule has 4 aromatic rings. The fraction of sp³-hybridized carbons (Fsp3) is 0.300. The van der Waals surface area contributed by atoms with Crippen molar-refractivity contribution in [2.75, 3.05) is 12.4 Å². The number of aromatic amines is 1. The molecule has 0 radical (unpaired) electrons. The Balaban J connectivity index is 1.58. The number of hydrogen-bond acceptors (Lipinski definition) is 7. The third kappa shape index (κ3) is 4.13. The van der Waals surface area contributed by atoms with Gasteiger partial charge in [0.25, 0.3) is 0 Å². The lowest BCUT2D eigenvalue weighted by Gasteiger charge is -2.08. The number of rotatable bonds is 8. The van der Waals surface area contributed by atoms with Crippen LogP contribution in [0.1, 0.15) is 31.2 Å². The Morgan fingerprint density at radius 3 is 2.66 bits per heavy atom. The zero-order chi connectivity index (χ0) is 20.1. The number of tetrazole rings is 1. The largest absolute Gasteiger partial charge is 0.356 e. The van der Waals surface area contributed by atoms with Gasteiger partial charge in [0.05, 0.1) is 12.2 Å². The van der Waals surface area contributed by atoms with Crippen LogP contribution in [0.25, 0.3) is 22.6 Å². The molecule has 9 nitrogen and oxygen atoms in total. The average Bonchev–Trinajstić information content (AvgIpc) is 3.43. The number of benzene rings is 1. The van der Waals surface area contributed by atoms with Crippen LogP contribution in [0.5, 0.6) is 0 Å². The molecule has 0 saturated heterocycles. The first-order valence-electron chi connectivity index (χ1n) is 9.68. The third-order valence-electron chi connectivity index (χ3n) is 4.67. The van der Waals surface area contributed by atoms with Crippen molar-refractivity contribution < 1.29 is 0 Å². The van der Waals surface area contributed by atoms with Gasteiger partial charge in [-0.1, -0.05) is 43.7 Å². The molecular weight excluding hydrogens is 366 g/mol. The third-order valence-corrected chi connectivity index (χ3v) is 4.67. The second kappa shape index (κ2) is 8.59. The van der Waals surface area contributed by atoms with E-state index in [1.54, 1.807) is 0 Å². The molecule has 0 saturated carbocycles. The summed E-state index contributed by atoms with van der Waals surface area (Å²) in [6, 6.07) is 12.0. The minimum Gasteiger partial charge on any atom is -0.356 e. The molecule has 0 aliphatic carbocycles. The van der Waals surface area contributed by atoms with Crippen LogP contribution in [0.2, 0.25) is 0 Å². The molecule has 9 heteroatoms. The van der Waals surface area contributed by atoms with E-state index in [4.69, 9.17) is 0 Å². The number of pyridine rings is 1. The molecule has 0 unspecified atom stereocenters. The SMILES string of the molecule is CCCCc1nc(NC)nn1Cc1ccc(-c2ccccc2-c2nn[nH]n2)nc1. The summed E-state index contributed by atoms with van der Waals surface area (Å²) in [5, 5.41) is 21.9. The van der Waals surface area contributed by atoms with Crippen LogP contribution in [0, 0.1) is 0 Å². The van der Waals surface area contributed by atoms with E-state index in [0.29, 0.717) is 18.3 Å². The predicted octanol–water partition coefficient (Wildman–Crippen LogP) is 2.95. The molecule has 0 atom stereocenters. The summed E-state index contributed by atoms with van der Waals surface area (Å²) < 4.78 is 1.95. The highest BCUT2D eigenvalue weighted by Gasteiger charge is 2.13. The van der Waals surface area contributed by atoms with E-state index in [9.17, 15) is 0 Å². The predicted molar refractivity (Wildman–Crippen MR) is 110 cm³/mol. The standard InChI is InChI=1S/C20H23N9/c1-3-4-9-18-23-20(21-2)26-29(18)13-14-10-11-17(22-12-14)15-7-5-6-8-16(15)19-24-27-28-25-19/h5-8,10-12H,3-4,9,13H2,1-2H3,(H,21,26)(H,24,25,27,28).